The molecule has 0 spiro atoms. The second kappa shape index (κ2) is 5.89. The van der Waals surface area contributed by atoms with Crippen LogP contribution in [-0.2, 0) is 0 Å². The maximum Gasteiger partial charge on any atom is 0.118 e. The Morgan fingerprint density at radius 2 is 2.00 bits per heavy atom. The molecule has 0 aliphatic carbocycles. The van der Waals surface area contributed by atoms with Crippen LogP contribution in [0.5, 0.6) is 5.75 Å². The molecule has 0 aromatic heterocycles. The Hall–Kier alpha value is -0.670. The molecular weight excluding hydrogens is 182 g/mol. The van der Waals surface area contributed by atoms with E-state index in [1.54, 1.807) is 7.11 Å². The summed E-state index contributed by atoms with van der Waals surface area (Å²) < 4.78 is 5.07. The van der Waals surface area contributed by atoms with Crippen molar-refractivity contribution in [3.05, 3.63) is 24.3 Å². The van der Waals surface area contributed by atoms with Gasteiger partial charge in [0.1, 0.15) is 5.75 Å². The number of nitrogens with one attached hydrogen (secondary N) is 1. The van der Waals surface area contributed by atoms with Crippen molar-refractivity contribution in [2.24, 2.45) is 0 Å². The average molecular weight is 197 g/mol. The normalized spacial score (nSPS) is 10.0. The maximum absolute atomic E-state index is 5.07. The zero-order valence-corrected chi connectivity index (χ0v) is 8.86. The Bertz CT molecular complexity index is 235. The van der Waals surface area contributed by atoms with Crippen LogP contribution in [0.1, 0.15) is 0 Å². The Labute approximate surface area is 83.7 Å². The first-order chi connectivity index (χ1) is 6.36. The summed E-state index contributed by atoms with van der Waals surface area (Å²) >= 11 is 1.85. The fourth-order valence-corrected chi connectivity index (χ4v) is 1.81. The molecule has 3 heteroatoms. The Kier molecular flexibility index (Phi) is 4.72. The van der Waals surface area contributed by atoms with Crippen molar-refractivity contribution in [1.82, 2.24) is 5.32 Å². The van der Waals surface area contributed by atoms with Crippen molar-refractivity contribution in [3.8, 4) is 5.75 Å². The van der Waals surface area contributed by atoms with E-state index >= 15 is 0 Å². The molecule has 1 aromatic rings. The molecule has 0 aliphatic heterocycles. The van der Waals surface area contributed by atoms with Crippen molar-refractivity contribution in [2.45, 2.75) is 4.90 Å². The van der Waals surface area contributed by atoms with Crippen molar-refractivity contribution < 1.29 is 4.74 Å². The molecule has 0 fully saturated rings. The van der Waals surface area contributed by atoms with Crippen LogP contribution >= 0.6 is 11.8 Å². The summed E-state index contributed by atoms with van der Waals surface area (Å²) in [5.41, 5.74) is 0. The summed E-state index contributed by atoms with van der Waals surface area (Å²) in [6.45, 7) is 1.04. The number of ether oxygens (including phenoxy) is 1. The fourth-order valence-electron chi connectivity index (χ4n) is 0.943. The van der Waals surface area contributed by atoms with Gasteiger partial charge in [0.05, 0.1) is 7.11 Å². The van der Waals surface area contributed by atoms with Gasteiger partial charge in [0.25, 0.3) is 0 Å². The highest BCUT2D eigenvalue weighted by Gasteiger charge is 1.93. The zero-order chi connectivity index (χ0) is 9.52. The summed E-state index contributed by atoms with van der Waals surface area (Å²) in [5.74, 6) is 2.01. The molecule has 0 aliphatic rings. The minimum absolute atomic E-state index is 0.915. The second-order valence-electron chi connectivity index (χ2n) is 2.63. The monoisotopic (exact) mass is 197 g/mol. The predicted molar refractivity (Wildman–Crippen MR) is 57.6 cm³/mol. The lowest BCUT2D eigenvalue weighted by Crippen LogP contribution is -2.09. The van der Waals surface area contributed by atoms with Gasteiger partial charge >= 0.3 is 0 Å². The molecule has 0 atom stereocenters. The first-order valence-corrected chi connectivity index (χ1v) is 5.27. The van der Waals surface area contributed by atoms with E-state index in [4.69, 9.17) is 4.74 Å². The third kappa shape index (κ3) is 3.70. The highest BCUT2D eigenvalue weighted by Crippen LogP contribution is 2.20. The molecule has 1 aromatic carbocycles. The van der Waals surface area contributed by atoms with Crippen molar-refractivity contribution in [3.63, 3.8) is 0 Å². The lowest BCUT2D eigenvalue weighted by molar-refractivity contribution is 0.414. The molecule has 0 heterocycles. The van der Waals surface area contributed by atoms with Gasteiger partial charge in [-0.05, 0) is 31.3 Å². The van der Waals surface area contributed by atoms with Gasteiger partial charge in [-0.2, -0.15) is 0 Å². The van der Waals surface area contributed by atoms with E-state index in [2.05, 4.69) is 17.4 Å². The lowest BCUT2D eigenvalue weighted by atomic mass is 10.3. The van der Waals surface area contributed by atoms with Gasteiger partial charge in [-0.1, -0.05) is 0 Å². The summed E-state index contributed by atoms with van der Waals surface area (Å²) in [7, 11) is 3.65. The molecule has 1 rings (SSSR count). The van der Waals surface area contributed by atoms with Crippen molar-refractivity contribution in [1.29, 1.82) is 0 Å². The molecule has 0 bridgehead atoms. The first kappa shape index (κ1) is 10.4. The van der Waals surface area contributed by atoms with E-state index in [1.165, 1.54) is 4.90 Å². The molecule has 0 saturated carbocycles. The highest BCUT2D eigenvalue weighted by molar-refractivity contribution is 7.99. The van der Waals surface area contributed by atoms with E-state index in [0.29, 0.717) is 0 Å². The predicted octanol–water partition coefficient (Wildman–Crippen LogP) is 2.01. The average Bonchev–Trinajstić information content (AvgIpc) is 2.19. The fraction of sp³-hybridized carbons (Fsp3) is 0.400. The van der Waals surface area contributed by atoms with E-state index in [9.17, 15) is 0 Å². The van der Waals surface area contributed by atoms with Crippen LogP contribution in [0.3, 0.4) is 0 Å². The van der Waals surface area contributed by atoms with Gasteiger partial charge in [-0.3, -0.25) is 0 Å². The van der Waals surface area contributed by atoms with Gasteiger partial charge in [-0.25, -0.2) is 0 Å². The third-order valence-corrected chi connectivity index (χ3v) is 2.69. The number of methoxy groups -OCH3 is 1. The summed E-state index contributed by atoms with van der Waals surface area (Å²) in [6.07, 6.45) is 0. The molecule has 13 heavy (non-hydrogen) atoms. The topological polar surface area (TPSA) is 21.3 Å². The van der Waals surface area contributed by atoms with Crippen LogP contribution in [0.25, 0.3) is 0 Å². The molecule has 0 amide bonds. The SMILES string of the molecule is CNCCSc1ccc(OC)cc1. The smallest absolute Gasteiger partial charge is 0.118 e. The molecule has 72 valence electrons. The summed E-state index contributed by atoms with van der Waals surface area (Å²) in [6, 6.07) is 8.14. The minimum atomic E-state index is 0.915. The van der Waals surface area contributed by atoms with Crippen LogP contribution in [-0.4, -0.2) is 26.5 Å². The number of rotatable bonds is 5. The zero-order valence-electron chi connectivity index (χ0n) is 8.04. The third-order valence-electron chi connectivity index (χ3n) is 1.68. The Balaban J connectivity index is 2.40. The van der Waals surface area contributed by atoms with Crippen LogP contribution in [0.2, 0.25) is 0 Å². The standard InChI is InChI=1S/C10H15NOS/c1-11-7-8-13-10-5-3-9(12-2)4-6-10/h3-6,11H,7-8H2,1-2H3. The maximum atomic E-state index is 5.07. The van der Waals surface area contributed by atoms with Gasteiger partial charge < -0.3 is 10.1 Å². The molecule has 2 nitrogen and oxygen atoms in total. The Morgan fingerprint density at radius 1 is 1.31 bits per heavy atom. The summed E-state index contributed by atoms with van der Waals surface area (Å²) in [5, 5.41) is 3.11. The second-order valence-corrected chi connectivity index (χ2v) is 3.80. The van der Waals surface area contributed by atoms with Crippen molar-refractivity contribution in [2.75, 3.05) is 26.5 Å². The van der Waals surface area contributed by atoms with Crippen LogP contribution < -0.4 is 10.1 Å². The Morgan fingerprint density at radius 3 is 2.54 bits per heavy atom. The number of hydrogen-bond donors (Lipinski definition) is 1. The number of thioether (sulfide) groups is 1. The molecular formula is C10H15NOS. The number of benzene rings is 1. The van der Waals surface area contributed by atoms with Gasteiger partial charge in [-0.15, -0.1) is 11.8 Å². The van der Waals surface area contributed by atoms with E-state index in [0.717, 1.165) is 18.0 Å². The molecule has 1 N–H and O–H groups in total. The lowest BCUT2D eigenvalue weighted by Gasteiger charge is -2.02. The molecule has 0 saturated heterocycles. The van der Waals surface area contributed by atoms with Gasteiger partial charge in [0.15, 0.2) is 0 Å². The quantitative estimate of drug-likeness (QED) is 0.576. The molecule has 0 unspecified atom stereocenters. The van der Waals surface area contributed by atoms with Crippen molar-refractivity contribution >= 4 is 11.8 Å². The minimum Gasteiger partial charge on any atom is -0.497 e. The van der Waals surface area contributed by atoms with Crippen LogP contribution in [0.15, 0.2) is 29.2 Å². The van der Waals surface area contributed by atoms with Crippen LogP contribution in [0, 0.1) is 0 Å². The van der Waals surface area contributed by atoms with E-state index in [1.807, 2.05) is 30.9 Å². The molecule has 0 radical (unpaired) electrons. The van der Waals surface area contributed by atoms with Gasteiger partial charge in [0.2, 0.25) is 0 Å². The van der Waals surface area contributed by atoms with E-state index in [-0.39, 0.29) is 0 Å². The number of hydrogen-bond acceptors (Lipinski definition) is 3. The first-order valence-electron chi connectivity index (χ1n) is 4.28. The van der Waals surface area contributed by atoms with Crippen LogP contribution in [0.4, 0.5) is 0 Å². The largest absolute Gasteiger partial charge is 0.497 e. The highest BCUT2D eigenvalue weighted by atomic mass is 32.2. The summed E-state index contributed by atoms with van der Waals surface area (Å²) in [4.78, 5) is 1.29. The van der Waals surface area contributed by atoms with E-state index < -0.39 is 0 Å². The van der Waals surface area contributed by atoms with Gasteiger partial charge in [0, 0.05) is 17.2 Å².